The van der Waals surface area contributed by atoms with Crippen LogP contribution >= 0.6 is 11.3 Å². The Balaban J connectivity index is 1.42. The van der Waals surface area contributed by atoms with Gasteiger partial charge in [0.15, 0.2) is 4.90 Å². The number of ether oxygens (including phenoxy) is 1. The van der Waals surface area contributed by atoms with Gasteiger partial charge >= 0.3 is 6.18 Å². The van der Waals surface area contributed by atoms with Gasteiger partial charge in [-0.1, -0.05) is 0 Å². The summed E-state index contributed by atoms with van der Waals surface area (Å²) in [6.07, 6.45) is -1.21. The average molecular weight is 606 g/mol. The SMILES string of the molecule is CC(C)[S+]([O-])c1csc(-c2cc3cnc(Nc4ccc(OC5CCN(C)CC5)cc4)nc3n(CC(F)(F)F)c2=O)c1. The van der Waals surface area contributed by atoms with E-state index in [-0.39, 0.29) is 33.9 Å². The molecule has 1 aromatic carbocycles. The van der Waals surface area contributed by atoms with Crippen LogP contribution in [0, 0.1) is 0 Å². The fourth-order valence-electron chi connectivity index (χ4n) is 4.60. The Morgan fingerprint density at radius 1 is 1.20 bits per heavy atom. The lowest BCUT2D eigenvalue weighted by atomic mass is 10.1. The summed E-state index contributed by atoms with van der Waals surface area (Å²) >= 11 is -0.130. The number of alkyl halides is 3. The van der Waals surface area contributed by atoms with Crippen molar-refractivity contribution in [2.45, 2.75) is 55.7 Å². The number of aromatic nitrogens is 3. The highest BCUT2D eigenvalue weighted by atomic mass is 32.2. The second kappa shape index (κ2) is 12.0. The van der Waals surface area contributed by atoms with Gasteiger partial charge in [0.05, 0.1) is 5.56 Å². The highest BCUT2D eigenvalue weighted by molar-refractivity contribution is 7.92. The highest BCUT2D eigenvalue weighted by Gasteiger charge is 2.31. The van der Waals surface area contributed by atoms with Gasteiger partial charge in [0.2, 0.25) is 5.95 Å². The Labute approximate surface area is 242 Å². The van der Waals surface area contributed by atoms with E-state index < -0.39 is 29.5 Å². The topological polar surface area (TPSA) is 95.3 Å². The Kier molecular flexibility index (Phi) is 8.60. The average Bonchev–Trinajstić information content (AvgIpc) is 3.41. The zero-order valence-electron chi connectivity index (χ0n) is 22.8. The number of piperidine rings is 1. The lowest BCUT2D eigenvalue weighted by Gasteiger charge is -2.29. The van der Waals surface area contributed by atoms with Crippen molar-refractivity contribution in [2.75, 3.05) is 25.5 Å². The number of hydrogen-bond acceptors (Lipinski definition) is 8. The van der Waals surface area contributed by atoms with Crippen molar-refractivity contribution in [3.63, 3.8) is 0 Å². The summed E-state index contributed by atoms with van der Waals surface area (Å²) in [5, 5.41) is 4.80. The van der Waals surface area contributed by atoms with Crippen LogP contribution in [0.2, 0.25) is 0 Å². The zero-order valence-corrected chi connectivity index (χ0v) is 24.4. The summed E-state index contributed by atoms with van der Waals surface area (Å²) in [5.74, 6) is 0.778. The molecule has 5 rings (SSSR count). The number of pyridine rings is 1. The van der Waals surface area contributed by atoms with E-state index in [9.17, 15) is 22.5 Å². The minimum Gasteiger partial charge on any atom is -0.611 e. The first kappa shape index (κ1) is 29.4. The van der Waals surface area contributed by atoms with E-state index in [1.807, 2.05) is 12.1 Å². The largest absolute Gasteiger partial charge is 0.611 e. The Bertz CT molecular complexity index is 1570. The van der Waals surface area contributed by atoms with Crippen molar-refractivity contribution in [3.8, 4) is 16.2 Å². The van der Waals surface area contributed by atoms with E-state index in [4.69, 9.17) is 4.74 Å². The summed E-state index contributed by atoms with van der Waals surface area (Å²) in [7, 11) is 2.09. The maximum absolute atomic E-state index is 13.6. The number of likely N-dealkylation sites (tertiary alicyclic amines) is 1. The molecular formula is C28H30F3N5O3S2. The van der Waals surface area contributed by atoms with E-state index in [1.165, 1.54) is 12.3 Å². The van der Waals surface area contributed by atoms with Crippen molar-refractivity contribution in [1.29, 1.82) is 0 Å². The smallest absolute Gasteiger partial charge is 0.406 e. The lowest BCUT2D eigenvalue weighted by Crippen LogP contribution is -2.35. The van der Waals surface area contributed by atoms with E-state index in [2.05, 4.69) is 27.2 Å². The molecular weight excluding hydrogens is 575 g/mol. The number of rotatable bonds is 8. The molecule has 0 saturated carbocycles. The van der Waals surface area contributed by atoms with E-state index in [0.29, 0.717) is 20.0 Å². The minimum absolute atomic E-state index is 0.0512. The van der Waals surface area contributed by atoms with Crippen LogP contribution in [-0.2, 0) is 17.7 Å². The van der Waals surface area contributed by atoms with Crippen LogP contribution in [0.25, 0.3) is 21.5 Å². The first-order valence-corrected chi connectivity index (χ1v) is 15.3. The van der Waals surface area contributed by atoms with Gasteiger partial charge in [0, 0.05) is 46.7 Å². The standard InChI is InChI=1S/C28H30F3N5O3S2/c1-17(2)41(38)22-13-24(40-15-22)23-12-18-14-32-27(34-25(18)36(26(23)37)16-28(29,30)31)33-19-4-6-20(7-5-19)39-21-8-10-35(3)11-9-21/h4-7,12-15,17,21H,8-11,16H2,1-3H3,(H,32,33,34). The first-order chi connectivity index (χ1) is 19.5. The Hall–Kier alpha value is -3.13. The quantitative estimate of drug-likeness (QED) is 0.253. The summed E-state index contributed by atoms with van der Waals surface area (Å²) in [6.45, 7) is 4.07. The number of hydrogen-bond donors (Lipinski definition) is 1. The van der Waals surface area contributed by atoms with Crippen LogP contribution in [0.3, 0.4) is 0 Å². The molecule has 1 saturated heterocycles. The molecule has 1 unspecified atom stereocenters. The molecule has 1 N–H and O–H groups in total. The third-order valence-electron chi connectivity index (χ3n) is 6.74. The molecule has 0 radical (unpaired) electrons. The van der Waals surface area contributed by atoms with Gasteiger partial charge in [-0.3, -0.25) is 9.36 Å². The molecule has 41 heavy (non-hydrogen) atoms. The lowest BCUT2D eigenvalue weighted by molar-refractivity contribution is -0.140. The fourth-order valence-corrected chi connectivity index (χ4v) is 6.76. The summed E-state index contributed by atoms with van der Waals surface area (Å²) in [4.78, 5) is 25.2. The second-order valence-electron chi connectivity index (χ2n) is 10.3. The maximum atomic E-state index is 13.6. The van der Waals surface area contributed by atoms with Gasteiger partial charge in [-0.25, -0.2) is 4.98 Å². The molecule has 1 fully saturated rings. The number of benzene rings is 1. The number of nitrogens with zero attached hydrogens (tertiary/aromatic N) is 4. The van der Waals surface area contributed by atoms with Crippen LogP contribution in [0.1, 0.15) is 26.7 Å². The monoisotopic (exact) mass is 605 g/mol. The highest BCUT2D eigenvalue weighted by Crippen LogP contribution is 2.32. The summed E-state index contributed by atoms with van der Waals surface area (Å²) in [6, 6.07) is 10.3. The van der Waals surface area contributed by atoms with Gasteiger partial charge in [-0.2, -0.15) is 18.2 Å². The maximum Gasteiger partial charge on any atom is 0.406 e. The third-order valence-corrected chi connectivity index (χ3v) is 9.41. The van der Waals surface area contributed by atoms with Crippen molar-refractivity contribution >= 4 is 45.2 Å². The van der Waals surface area contributed by atoms with Crippen LogP contribution in [0.15, 0.2) is 57.7 Å². The molecule has 1 aliphatic rings. The molecule has 4 aromatic rings. The second-order valence-corrected chi connectivity index (χ2v) is 13.2. The molecule has 1 atom stereocenters. The molecule has 4 heterocycles. The molecule has 0 amide bonds. The van der Waals surface area contributed by atoms with Gasteiger partial charge in [0.1, 0.15) is 29.3 Å². The first-order valence-electron chi connectivity index (χ1n) is 13.2. The van der Waals surface area contributed by atoms with Gasteiger partial charge in [0.25, 0.3) is 5.56 Å². The van der Waals surface area contributed by atoms with Crippen molar-refractivity contribution < 1.29 is 22.5 Å². The van der Waals surface area contributed by atoms with Crippen molar-refractivity contribution in [2.24, 2.45) is 0 Å². The van der Waals surface area contributed by atoms with Crippen molar-refractivity contribution in [1.82, 2.24) is 19.4 Å². The van der Waals surface area contributed by atoms with E-state index >= 15 is 0 Å². The van der Waals surface area contributed by atoms with Gasteiger partial charge < -0.3 is 19.5 Å². The number of nitrogens with one attached hydrogen (secondary N) is 1. The number of fused-ring (bicyclic) bond motifs is 1. The number of thiophene rings is 1. The van der Waals surface area contributed by atoms with Gasteiger partial charge in [-0.15, -0.1) is 11.3 Å². The van der Waals surface area contributed by atoms with E-state index in [1.54, 1.807) is 37.4 Å². The van der Waals surface area contributed by atoms with Gasteiger partial charge in [-0.05, 0) is 75.2 Å². The van der Waals surface area contributed by atoms with Crippen LogP contribution < -0.4 is 15.6 Å². The molecule has 1 aliphatic heterocycles. The Morgan fingerprint density at radius 3 is 2.56 bits per heavy atom. The minimum atomic E-state index is -4.66. The molecule has 0 bridgehead atoms. The number of anilines is 2. The zero-order chi connectivity index (χ0) is 29.3. The summed E-state index contributed by atoms with van der Waals surface area (Å²) in [5.41, 5.74) is -0.286. The molecule has 13 heteroatoms. The predicted molar refractivity (Wildman–Crippen MR) is 156 cm³/mol. The summed E-state index contributed by atoms with van der Waals surface area (Å²) < 4.78 is 59.9. The van der Waals surface area contributed by atoms with Crippen LogP contribution in [-0.4, -0.2) is 61.7 Å². The van der Waals surface area contributed by atoms with Crippen LogP contribution in [0.5, 0.6) is 5.75 Å². The van der Waals surface area contributed by atoms with Crippen molar-refractivity contribution in [3.05, 3.63) is 58.3 Å². The van der Waals surface area contributed by atoms with E-state index in [0.717, 1.165) is 43.0 Å². The molecule has 0 aliphatic carbocycles. The molecule has 0 spiro atoms. The fraction of sp³-hybridized carbons (Fsp3) is 0.393. The number of halogens is 3. The third kappa shape index (κ3) is 7.03. The van der Waals surface area contributed by atoms with Crippen LogP contribution in [0.4, 0.5) is 24.8 Å². The molecule has 3 aromatic heterocycles. The predicted octanol–water partition coefficient (Wildman–Crippen LogP) is 5.81. The normalized spacial score (nSPS) is 15.9. The Morgan fingerprint density at radius 2 is 1.90 bits per heavy atom. The molecule has 218 valence electrons. The molecule has 8 nitrogen and oxygen atoms in total.